The maximum atomic E-state index is 10.5. The Morgan fingerprint density at radius 1 is 1.25 bits per heavy atom. The Morgan fingerprint density at radius 3 is 2.62 bits per heavy atom. The summed E-state index contributed by atoms with van der Waals surface area (Å²) in [6, 6.07) is 7.92. The number of para-hydroxylation sites is 1. The molecule has 1 heterocycles. The summed E-state index contributed by atoms with van der Waals surface area (Å²) in [5.74, 6) is -0.906. The van der Waals surface area contributed by atoms with Crippen LogP contribution in [0.25, 0.3) is 6.08 Å². The van der Waals surface area contributed by atoms with Gasteiger partial charge in [-0.3, -0.25) is 0 Å². The Bertz CT molecular complexity index is 406. The second-order valence-electron chi connectivity index (χ2n) is 3.92. The van der Waals surface area contributed by atoms with Crippen LogP contribution in [-0.2, 0) is 4.79 Å². The summed E-state index contributed by atoms with van der Waals surface area (Å²) in [4.78, 5) is 12.8. The first-order chi connectivity index (χ1) is 7.77. The lowest BCUT2D eigenvalue weighted by molar-refractivity contribution is -0.131. The molecule has 0 atom stereocenters. The van der Waals surface area contributed by atoms with Crippen molar-refractivity contribution in [1.29, 1.82) is 0 Å². The molecule has 1 aliphatic rings. The maximum Gasteiger partial charge on any atom is 0.328 e. The largest absolute Gasteiger partial charge is 0.478 e. The summed E-state index contributed by atoms with van der Waals surface area (Å²) in [5.41, 5.74) is 2.12. The number of rotatable bonds is 3. The van der Waals surface area contributed by atoms with E-state index in [0.29, 0.717) is 0 Å². The monoisotopic (exact) mass is 217 g/mol. The fraction of sp³-hybridized carbons (Fsp3) is 0.308. The minimum absolute atomic E-state index is 0.906. The number of anilines is 1. The van der Waals surface area contributed by atoms with Crippen molar-refractivity contribution in [1.82, 2.24) is 0 Å². The van der Waals surface area contributed by atoms with Crippen LogP contribution in [0.1, 0.15) is 18.4 Å². The molecule has 1 aromatic carbocycles. The lowest BCUT2D eigenvalue weighted by atomic mass is 10.1. The van der Waals surface area contributed by atoms with Gasteiger partial charge >= 0.3 is 5.97 Å². The lowest BCUT2D eigenvalue weighted by Gasteiger charge is -2.19. The quantitative estimate of drug-likeness (QED) is 0.790. The van der Waals surface area contributed by atoms with Crippen molar-refractivity contribution >= 4 is 17.7 Å². The minimum Gasteiger partial charge on any atom is -0.478 e. The van der Waals surface area contributed by atoms with Gasteiger partial charge in [0.15, 0.2) is 0 Å². The van der Waals surface area contributed by atoms with Gasteiger partial charge < -0.3 is 10.0 Å². The molecule has 1 fully saturated rings. The average Bonchev–Trinajstić information content (AvgIpc) is 2.80. The summed E-state index contributed by atoms with van der Waals surface area (Å²) in [7, 11) is 0. The van der Waals surface area contributed by atoms with Crippen molar-refractivity contribution in [2.24, 2.45) is 0 Å². The highest BCUT2D eigenvalue weighted by molar-refractivity contribution is 5.87. The van der Waals surface area contributed by atoms with Crippen LogP contribution >= 0.6 is 0 Å². The molecule has 0 spiro atoms. The van der Waals surface area contributed by atoms with E-state index in [9.17, 15) is 4.79 Å². The van der Waals surface area contributed by atoms with Crippen LogP contribution in [0.3, 0.4) is 0 Å². The zero-order valence-electron chi connectivity index (χ0n) is 9.10. The van der Waals surface area contributed by atoms with E-state index < -0.39 is 5.97 Å². The molecule has 3 nitrogen and oxygen atoms in total. The summed E-state index contributed by atoms with van der Waals surface area (Å²) in [6.45, 7) is 2.13. The Balaban J connectivity index is 2.26. The number of carboxylic acid groups (broad SMARTS) is 1. The molecule has 1 aromatic rings. The summed E-state index contributed by atoms with van der Waals surface area (Å²) >= 11 is 0. The van der Waals surface area contributed by atoms with Gasteiger partial charge in [-0.15, -0.1) is 0 Å². The predicted octanol–water partition coefficient (Wildman–Crippen LogP) is 2.38. The molecule has 3 heteroatoms. The van der Waals surface area contributed by atoms with E-state index in [4.69, 9.17) is 5.11 Å². The van der Waals surface area contributed by atoms with E-state index in [1.807, 2.05) is 24.3 Å². The summed E-state index contributed by atoms with van der Waals surface area (Å²) in [5, 5.41) is 8.63. The fourth-order valence-corrected chi connectivity index (χ4v) is 2.04. The molecule has 1 saturated heterocycles. The van der Waals surface area contributed by atoms with Crippen LogP contribution in [-0.4, -0.2) is 24.2 Å². The van der Waals surface area contributed by atoms with E-state index >= 15 is 0 Å². The molecule has 1 aliphatic heterocycles. The average molecular weight is 217 g/mol. The van der Waals surface area contributed by atoms with Crippen LogP contribution in [0.5, 0.6) is 0 Å². The smallest absolute Gasteiger partial charge is 0.328 e. The molecule has 0 amide bonds. The van der Waals surface area contributed by atoms with Gasteiger partial charge in [0.05, 0.1) is 0 Å². The molecule has 0 unspecified atom stereocenters. The third-order valence-corrected chi connectivity index (χ3v) is 2.79. The fourth-order valence-electron chi connectivity index (χ4n) is 2.04. The minimum atomic E-state index is -0.906. The van der Waals surface area contributed by atoms with Gasteiger partial charge in [0, 0.05) is 24.9 Å². The van der Waals surface area contributed by atoms with E-state index in [-0.39, 0.29) is 0 Å². The van der Waals surface area contributed by atoms with E-state index in [2.05, 4.69) is 4.90 Å². The zero-order chi connectivity index (χ0) is 11.4. The second-order valence-corrected chi connectivity index (χ2v) is 3.92. The van der Waals surface area contributed by atoms with Crippen LogP contribution in [0.15, 0.2) is 30.3 Å². The van der Waals surface area contributed by atoms with Crippen LogP contribution in [0.2, 0.25) is 0 Å². The third kappa shape index (κ3) is 2.42. The molecule has 84 valence electrons. The molecule has 0 saturated carbocycles. The molecule has 0 radical (unpaired) electrons. The van der Waals surface area contributed by atoms with Gasteiger partial charge in [0.25, 0.3) is 0 Å². The number of hydrogen-bond donors (Lipinski definition) is 1. The van der Waals surface area contributed by atoms with Crippen molar-refractivity contribution in [3.63, 3.8) is 0 Å². The van der Waals surface area contributed by atoms with Crippen molar-refractivity contribution in [3.05, 3.63) is 35.9 Å². The van der Waals surface area contributed by atoms with E-state index in [0.717, 1.165) is 24.3 Å². The van der Waals surface area contributed by atoms with Crippen molar-refractivity contribution in [3.8, 4) is 0 Å². The van der Waals surface area contributed by atoms with Crippen LogP contribution in [0.4, 0.5) is 5.69 Å². The Morgan fingerprint density at radius 2 is 1.94 bits per heavy atom. The van der Waals surface area contributed by atoms with Gasteiger partial charge in [-0.25, -0.2) is 4.79 Å². The highest BCUT2D eigenvalue weighted by atomic mass is 16.4. The number of benzene rings is 1. The molecule has 0 aromatic heterocycles. The zero-order valence-corrected chi connectivity index (χ0v) is 9.10. The van der Waals surface area contributed by atoms with Crippen molar-refractivity contribution < 1.29 is 9.90 Å². The molecule has 0 bridgehead atoms. The molecule has 2 rings (SSSR count). The van der Waals surface area contributed by atoms with Crippen LogP contribution in [0, 0.1) is 0 Å². The normalized spacial score (nSPS) is 15.9. The van der Waals surface area contributed by atoms with Gasteiger partial charge in [0.1, 0.15) is 0 Å². The molecular weight excluding hydrogens is 202 g/mol. The Kier molecular flexibility index (Phi) is 3.25. The van der Waals surface area contributed by atoms with Gasteiger partial charge in [-0.1, -0.05) is 18.2 Å². The first-order valence-corrected chi connectivity index (χ1v) is 5.52. The molecule has 0 aliphatic carbocycles. The first kappa shape index (κ1) is 10.7. The highest BCUT2D eigenvalue weighted by Crippen LogP contribution is 2.25. The second kappa shape index (κ2) is 4.84. The van der Waals surface area contributed by atoms with Gasteiger partial charge in [0.2, 0.25) is 0 Å². The number of carboxylic acids is 1. The maximum absolute atomic E-state index is 10.5. The molecule has 1 N–H and O–H groups in total. The number of aliphatic carboxylic acids is 1. The van der Waals surface area contributed by atoms with E-state index in [1.54, 1.807) is 6.08 Å². The SMILES string of the molecule is O=C(O)/C=C/c1ccccc1N1CCCC1. The summed E-state index contributed by atoms with van der Waals surface area (Å²) < 4.78 is 0. The van der Waals surface area contributed by atoms with Gasteiger partial charge in [-0.2, -0.15) is 0 Å². The standard InChI is InChI=1S/C13H15NO2/c15-13(16)8-7-11-5-1-2-6-12(11)14-9-3-4-10-14/h1-2,5-8H,3-4,9-10H2,(H,15,16)/b8-7+. The first-order valence-electron chi connectivity index (χ1n) is 5.52. The Labute approximate surface area is 95.0 Å². The predicted molar refractivity (Wildman–Crippen MR) is 64.6 cm³/mol. The van der Waals surface area contributed by atoms with Gasteiger partial charge in [-0.05, 0) is 30.5 Å². The topological polar surface area (TPSA) is 40.5 Å². The third-order valence-electron chi connectivity index (χ3n) is 2.79. The lowest BCUT2D eigenvalue weighted by Crippen LogP contribution is -2.18. The molecule has 16 heavy (non-hydrogen) atoms. The van der Waals surface area contributed by atoms with E-state index in [1.165, 1.54) is 18.9 Å². The molecular formula is C13H15NO2. The number of hydrogen-bond acceptors (Lipinski definition) is 2. The highest BCUT2D eigenvalue weighted by Gasteiger charge is 2.13. The summed E-state index contributed by atoms with van der Waals surface area (Å²) in [6.07, 6.45) is 5.29. The number of carbonyl (C=O) groups is 1. The number of nitrogens with zero attached hydrogens (tertiary/aromatic N) is 1. The van der Waals surface area contributed by atoms with Crippen molar-refractivity contribution in [2.45, 2.75) is 12.8 Å². The van der Waals surface area contributed by atoms with Crippen LogP contribution < -0.4 is 4.90 Å². The van der Waals surface area contributed by atoms with Crippen molar-refractivity contribution in [2.75, 3.05) is 18.0 Å². The Hall–Kier alpha value is -1.77.